The summed E-state index contributed by atoms with van der Waals surface area (Å²) in [7, 11) is -3.43. The minimum absolute atomic E-state index is 0.00613. The largest absolute Gasteiger partial charge is 0.354 e. The first-order valence-electron chi connectivity index (χ1n) is 8.10. The van der Waals surface area contributed by atoms with Gasteiger partial charge in [0.15, 0.2) is 15.3 Å². The molecule has 26 heavy (non-hydrogen) atoms. The van der Waals surface area contributed by atoms with Crippen molar-refractivity contribution in [3.8, 4) is 0 Å². The number of sulfone groups is 1. The maximum Gasteiger partial charge on any atom is 0.239 e. The standard InChI is InChI=1S/C19H18N2O4S/c22-18-10-12-21(17-9-5-4-8-16(17)18)14-19(23)20-11-13-26(24,25)15-6-2-1-3-7-15/h1-10,12H,11,13-14H2,(H,20,23). The molecular weight excluding hydrogens is 352 g/mol. The van der Waals surface area contributed by atoms with Crippen LogP contribution in [0.15, 0.2) is 76.6 Å². The van der Waals surface area contributed by atoms with Gasteiger partial charge in [-0.3, -0.25) is 9.59 Å². The Labute approximate surface area is 151 Å². The molecule has 1 N–H and O–H groups in total. The highest BCUT2D eigenvalue weighted by atomic mass is 32.2. The molecule has 1 aromatic heterocycles. The van der Waals surface area contributed by atoms with Crippen molar-refractivity contribution in [2.24, 2.45) is 0 Å². The summed E-state index contributed by atoms with van der Waals surface area (Å²) in [5.74, 6) is -0.490. The molecule has 0 radical (unpaired) electrons. The van der Waals surface area contributed by atoms with Crippen LogP contribution in [0.3, 0.4) is 0 Å². The van der Waals surface area contributed by atoms with Gasteiger partial charge in [-0.2, -0.15) is 0 Å². The normalized spacial score (nSPS) is 11.4. The molecule has 0 unspecified atom stereocenters. The number of hydrogen-bond donors (Lipinski definition) is 1. The molecule has 0 saturated heterocycles. The molecule has 0 saturated carbocycles. The van der Waals surface area contributed by atoms with Crippen molar-refractivity contribution in [2.45, 2.75) is 11.4 Å². The number of nitrogens with zero attached hydrogens (tertiary/aromatic N) is 1. The highest BCUT2D eigenvalue weighted by molar-refractivity contribution is 7.91. The molecule has 0 bridgehead atoms. The lowest BCUT2D eigenvalue weighted by Crippen LogP contribution is -2.32. The number of benzene rings is 2. The van der Waals surface area contributed by atoms with Crippen molar-refractivity contribution >= 4 is 26.6 Å². The number of fused-ring (bicyclic) bond motifs is 1. The molecule has 0 atom stereocenters. The topological polar surface area (TPSA) is 85.2 Å². The molecule has 1 amide bonds. The van der Waals surface area contributed by atoms with E-state index in [0.29, 0.717) is 10.9 Å². The molecule has 7 heteroatoms. The van der Waals surface area contributed by atoms with Crippen molar-refractivity contribution in [3.63, 3.8) is 0 Å². The molecule has 134 valence electrons. The Bertz CT molecular complexity index is 1090. The first kappa shape index (κ1) is 17.9. The van der Waals surface area contributed by atoms with Crippen LogP contribution in [-0.4, -0.2) is 31.2 Å². The quantitative estimate of drug-likeness (QED) is 0.714. The average Bonchev–Trinajstić information content (AvgIpc) is 2.65. The SMILES string of the molecule is O=C(Cn1ccc(=O)c2ccccc21)NCCS(=O)(=O)c1ccccc1. The highest BCUT2D eigenvalue weighted by Gasteiger charge is 2.14. The molecule has 0 fully saturated rings. The van der Waals surface area contributed by atoms with Gasteiger partial charge in [0.05, 0.1) is 16.2 Å². The van der Waals surface area contributed by atoms with E-state index in [1.54, 1.807) is 53.2 Å². The van der Waals surface area contributed by atoms with E-state index in [9.17, 15) is 18.0 Å². The third kappa shape index (κ3) is 4.00. The summed E-state index contributed by atoms with van der Waals surface area (Å²) in [6, 6.07) is 16.6. The lowest BCUT2D eigenvalue weighted by molar-refractivity contribution is -0.121. The maximum absolute atomic E-state index is 12.2. The summed E-state index contributed by atoms with van der Waals surface area (Å²) >= 11 is 0. The zero-order valence-electron chi connectivity index (χ0n) is 14.0. The van der Waals surface area contributed by atoms with Gasteiger partial charge in [-0.05, 0) is 24.3 Å². The molecule has 6 nitrogen and oxygen atoms in total. The fourth-order valence-electron chi connectivity index (χ4n) is 2.68. The summed E-state index contributed by atoms with van der Waals surface area (Å²) in [4.78, 5) is 24.2. The number of amides is 1. The number of carbonyl (C=O) groups excluding carboxylic acids is 1. The van der Waals surface area contributed by atoms with Crippen molar-refractivity contribution in [3.05, 3.63) is 77.1 Å². The second kappa shape index (κ2) is 7.53. The van der Waals surface area contributed by atoms with Gasteiger partial charge in [-0.25, -0.2) is 8.42 Å². The van der Waals surface area contributed by atoms with Crippen LogP contribution in [0.1, 0.15) is 0 Å². The zero-order chi connectivity index (χ0) is 18.6. The van der Waals surface area contributed by atoms with Crippen molar-refractivity contribution in [1.82, 2.24) is 9.88 Å². The Morgan fingerprint density at radius 1 is 0.962 bits per heavy atom. The molecule has 3 aromatic rings. The van der Waals surface area contributed by atoms with E-state index in [-0.39, 0.29) is 35.1 Å². The summed E-state index contributed by atoms with van der Waals surface area (Å²) in [5.41, 5.74) is 0.554. The molecule has 2 aromatic carbocycles. The Kier molecular flexibility index (Phi) is 5.18. The zero-order valence-corrected chi connectivity index (χ0v) is 14.8. The fourth-order valence-corrected chi connectivity index (χ4v) is 3.86. The van der Waals surface area contributed by atoms with Gasteiger partial charge in [0.1, 0.15) is 6.54 Å². The number of rotatable bonds is 6. The molecule has 3 rings (SSSR count). The molecule has 1 heterocycles. The van der Waals surface area contributed by atoms with Gasteiger partial charge < -0.3 is 9.88 Å². The Balaban J connectivity index is 1.64. The average molecular weight is 370 g/mol. The van der Waals surface area contributed by atoms with Crippen LogP contribution >= 0.6 is 0 Å². The number of hydrogen-bond acceptors (Lipinski definition) is 4. The third-order valence-electron chi connectivity index (χ3n) is 3.99. The van der Waals surface area contributed by atoms with E-state index in [1.807, 2.05) is 0 Å². The van der Waals surface area contributed by atoms with Crippen molar-refractivity contribution in [2.75, 3.05) is 12.3 Å². The molecule has 0 aliphatic carbocycles. The van der Waals surface area contributed by atoms with Crippen molar-refractivity contribution < 1.29 is 13.2 Å². The predicted octanol–water partition coefficient (Wildman–Crippen LogP) is 1.59. The van der Waals surface area contributed by atoms with Gasteiger partial charge >= 0.3 is 0 Å². The van der Waals surface area contributed by atoms with Crippen LogP contribution in [0.5, 0.6) is 0 Å². The summed E-state index contributed by atoms with van der Waals surface area (Å²) in [5, 5.41) is 3.16. The van der Waals surface area contributed by atoms with E-state index in [2.05, 4.69) is 5.32 Å². The van der Waals surface area contributed by atoms with Gasteiger partial charge in [0, 0.05) is 24.2 Å². The fraction of sp³-hybridized carbons (Fsp3) is 0.158. The van der Waals surface area contributed by atoms with Gasteiger partial charge in [-0.15, -0.1) is 0 Å². The third-order valence-corrected chi connectivity index (χ3v) is 5.73. The van der Waals surface area contributed by atoms with Crippen LogP contribution in [0.4, 0.5) is 0 Å². The minimum atomic E-state index is -3.43. The van der Waals surface area contributed by atoms with E-state index < -0.39 is 9.84 Å². The molecule has 0 aliphatic heterocycles. The number of nitrogens with one attached hydrogen (secondary N) is 1. The maximum atomic E-state index is 12.2. The predicted molar refractivity (Wildman–Crippen MR) is 99.7 cm³/mol. The van der Waals surface area contributed by atoms with Crippen molar-refractivity contribution in [1.29, 1.82) is 0 Å². The molecular formula is C19H18N2O4S. The monoisotopic (exact) mass is 370 g/mol. The van der Waals surface area contributed by atoms with Crippen LogP contribution in [0.2, 0.25) is 0 Å². The number of para-hydroxylation sites is 1. The van der Waals surface area contributed by atoms with Gasteiger partial charge in [0.2, 0.25) is 5.91 Å². The van der Waals surface area contributed by atoms with Crippen LogP contribution in [-0.2, 0) is 21.2 Å². The van der Waals surface area contributed by atoms with E-state index in [1.165, 1.54) is 18.2 Å². The lowest BCUT2D eigenvalue weighted by atomic mass is 10.2. The highest BCUT2D eigenvalue weighted by Crippen LogP contribution is 2.10. The minimum Gasteiger partial charge on any atom is -0.354 e. The molecule has 0 aliphatic rings. The first-order chi connectivity index (χ1) is 12.5. The van der Waals surface area contributed by atoms with Crippen LogP contribution in [0.25, 0.3) is 10.9 Å². The lowest BCUT2D eigenvalue weighted by Gasteiger charge is -2.11. The van der Waals surface area contributed by atoms with Gasteiger partial charge in [-0.1, -0.05) is 30.3 Å². The number of aromatic nitrogens is 1. The van der Waals surface area contributed by atoms with E-state index in [0.717, 1.165) is 0 Å². The summed E-state index contributed by atoms with van der Waals surface area (Å²) in [6.45, 7) is 0.0281. The second-order valence-electron chi connectivity index (χ2n) is 5.81. The van der Waals surface area contributed by atoms with Crippen LogP contribution in [0, 0.1) is 0 Å². The summed E-state index contributed by atoms with van der Waals surface area (Å²) < 4.78 is 26.1. The van der Waals surface area contributed by atoms with Crippen LogP contribution < -0.4 is 10.7 Å². The van der Waals surface area contributed by atoms with E-state index >= 15 is 0 Å². The number of carbonyl (C=O) groups is 1. The van der Waals surface area contributed by atoms with Gasteiger partial charge in [0.25, 0.3) is 0 Å². The first-order valence-corrected chi connectivity index (χ1v) is 9.75. The number of pyridine rings is 1. The smallest absolute Gasteiger partial charge is 0.239 e. The Morgan fingerprint density at radius 3 is 2.42 bits per heavy atom. The molecule has 0 spiro atoms. The second-order valence-corrected chi connectivity index (χ2v) is 7.92. The Hall–Kier alpha value is -2.93. The Morgan fingerprint density at radius 2 is 1.65 bits per heavy atom. The van der Waals surface area contributed by atoms with E-state index in [4.69, 9.17) is 0 Å². The summed E-state index contributed by atoms with van der Waals surface area (Å²) in [6.07, 6.45) is 1.56.